The molecule has 0 saturated heterocycles. The third kappa shape index (κ3) is 1.62. The highest BCUT2D eigenvalue weighted by atomic mass is 16.7. The Morgan fingerprint density at radius 3 is 2.83 bits per heavy atom. The van der Waals surface area contributed by atoms with E-state index in [9.17, 15) is 4.79 Å². The van der Waals surface area contributed by atoms with Gasteiger partial charge in [0.25, 0.3) is 0 Å². The van der Waals surface area contributed by atoms with E-state index in [2.05, 4.69) is 4.98 Å². The van der Waals surface area contributed by atoms with Crippen LogP contribution in [-0.4, -0.2) is 17.6 Å². The summed E-state index contributed by atoms with van der Waals surface area (Å²) in [4.78, 5) is 16.1. The summed E-state index contributed by atoms with van der Waals surface area (Å²) in [5, 5.41) is 0. The van der Waals surface area contributed by atoms with E-state index >= 15 is 0 Å². The van der Waals surface area contributed by atoms with Crippen LogP contribution in [0.15, 0.2) is 36.5 Å². The van der Waals surface area contributed by atoms with Crippen molar-refractivity contribution in [1.29, 1.82) is 0 Å². The van der Waals surface area contributed by atoms with E-state index in [1.807, 2.05) is 24.3 Å². The molecule has 2 heterocycles. The van der Waals surface area contributed by atoms with Crippen molar-refractivity contribution in [1.82, 2.24) is 4.98 Å². The molecule has 0 aliphatic carbocycles. The summed E-state index contributed by atoms with van der Waals surface area (Å²) in [6, 6.07) is 9.23. The second kappa shape index (κ2) is 4.14. The average Bonchev–Trinajstić information content (AvgIpc) is 2.86. The van der Waals surface area contributed by atoms with Gasteiger partial charge in [-0.1, -0.05) is 6.07 Å². The number of nitrogens with zero attached hydrogens (tertiary/aromatic N) is 1. The Bertz CT molecular complexity index is 608. The highest BCUT2D eigenvalue weighted by molar-refractivity contribution is 6.04. The van der Waals surface area contributed by atoms with Crippen LogP contribution in [0.3, 0.4) is 0 Å². The lowest BCUT2D eigenvalue weighted by atomic mass is 9.99. The number of hydrogen-bond donors (Lipinski definition) is 0. The molecule has 0 saturated carbocycles. The minimum atomic E-state index is -0.0574. The summed E-state index contributed by atoms with van der Waals surface area (Å²) in [5.41, 5.74) is 2.05. The van der Waals surface area contributed by atoms with Gasteiger partial charge in [0, 0.05) is 11.8 Å². The van der Waals surface area contributed by atoms with Gasteiger partial charge in [0.05, 0.1) is 11.3 Å². The summed E-state index contributed by atoms with van der Waals surface area (Å²) in [6.07, 6.45) is 1.70. The first kappa shape index (κ1) is 10.8. The molecular weight excluding hydrogens is 230 g/mol. The fraction of sp³-hybridized carbons (Fsp3) is 0.143. The lowest BCUT2D eigenvalue weighted by Crippen LogP contribution is -2.00. The molecule has 90 valence electrons. The highest BCUT2D eigenvalue weighted by Crippen LogP contribution is 2.40. The Morgan fingerprint density at radius 1 is 1.22 bits per heavy atom. The van der Waals surface area contributed by atoms with Crippen molar-refractivity contribution in [2.75, 3.05) is 6.79 Å². The summed E-state index contributed by atoms with van der Waals surface area (Å²) in [7, 11) is 0. The maximum atomic E-state index is 11.8. The number of benzene rings is 1. The van der Waals surface area contributed by atoms with E-state index in [1.165, 1.54) is 6.92 Å². The number of hydrogen-bond acceptors (Lipinski definition) is 4. The van der Waals surface area contributed by atoms with Gasteiger partial charge >= 0.3 is 0 Å². The van der Waals surface area contributed by atoms with Crippen LogP contribution in [0.4, 0.5) is 0 Å². The first-order chi connectivity index (χ1) is 8.77. The fourth-order valence-corrected chi connectivity index (χ4v) is 2.06. The van der Waals surface area contributed by atoms with Crippen LogP contribution in [0.1, 0.15) is 17.3 Å². The second-order valence-corrected chi connectivity index (χ2v) is 3.99. The lowest BCUT2D eigenvalue weighted by molar-refractivity contribution is 0.101. The minimum Gasteiger partial charge on any atom is -0.454 e. The van der Waals surface area contributed by atoms with Gasteiger partial charge in [0.1, 0.15) is 0 Å². The third-order valence-corrected chi connectivity index (χ3v) is 2.83. The molecule has 0 fully saturated rings. The Morgan fingerprint density at radius 2 is 2.11 bits per heavy atom. The Labute approximate surface area is 104 Å². The number of aromatic nitrogens is 1. The number of ether oxygens (including phenoxy) is 2. The maximum absolute atomic E-state index is 11.8. The predicted octanol–water partition coefficient (Wildman–Crippen LogP) is 2.68. The van der Waals surface area contributed by atoms with E-state index in [0.29, 0.717) is 17.1 Å². The normalized spacial score (nSPS) is 12.5. The third-order valence-electron chi connectivity index (χ3n) is 2.83. The molecule has 4 heteroatoms. The number of ketones is 1. The first-order valence-electron chi connectivity index (χ1n) is 5.62. The van der Waals surface area contributed by atoms with Gasteiger partial charge in [0.15, 0.2) is 17.3 Å². The van der Waals surface area contributed by atoms with Crippen LogP contribution in [-0.2, 0) is 0 Å². The smallest absolute Gasteiger partial charge is 0.231 e. The van der Waals surface area contributed by atoms with Crippen molar-refractivity contribution in [3.05, 3.63) is 42.1 Å². The average molecular weight is 241 g/mol. The molecule has 0 radical (unpaired) electrons. The molecule has 1 aromatic carbocycles. The van der Waals surface area contributed by atoms with E-state index in [1.54, 1.807) is 12.3 Å². The number of pyridine rings is 1. The number of rotatable bonds is 2. The molecule has 1 aliphatic rings. The van der Waals surface area contributed by atoms with Gasteiger partial charge < -0.3 is 9.47 Å². The maximum Gasteiger partial charge on any atom is 0.231 e. The van der Waals surface area contributed by atoms with Crippen LogP contribution in [0, 0.1) is 0 Å². The van der Waals surface area contributed by atoms with Gasteiger partial charge in [-0.15, -0.1) is 0 Å². The fourth-order valence-electron chi connectivity index (χ4n) is 2.06. The van der Waals surface area contributed by atoms with Crippen LogP contribution in [0.25, 0.3) is 11.3 Å². The summed E-state index contributed by atoms with van der Waals surface area (Å²) in [5.74, 6) is 1.07. The van der Waals surface area contributed by atoms with E-state index in [0.717, 1.165) is 11.3 Å². The van der Waals surface area contributed by atoms with Gasteiger partial charge in [-0.3, -0.25) is 9.78 Å². The zero-order valence-corrected chi connectivity index (χ0v) is 9.84. The molecule has 1 aromatic heterocycles. The van der Waals surface area contributed by atoms with Gasteiger partial charge in [-0.2, -0.15) is 0 Å². The van der Waals surface area contributed by atoms with Crippen LogP contribution in [0.2, 0.25) is 0 Å². The Kier molecular flexibility index (Phi) is 2.48. The molecule has 0 amide bonds. The molecule has 0 unspecified atom stereocenters. The second-order valence-electron chi connectivity index (χ2n) is 3.99. The minimum absolute atomic E-state index is 0.0574. The van der Waals surface area contributed by atoms with Crippen molar-refractivity contribution < 1.29 is 14.3 Å². The van der Waals surface area contributed by atoms with Crippen LogP contribution < -0.4 is 9.47 Å². The molecule has 2 aromatic rings. The van der Waals surface area contributed by atoms with Crippen molar-refractivity contribution in [2.45, 2.75) is 6.92 Å². The number of carbonyl (C=O) groups is 1. The first-order valence-corrected chi connectivity index (χ1v) is 5.62. The molecule has 3 rings (SSSR count). The van der Waals surface area contributed by atoms with Gasteiger partial charge in [0.2, 0.25) is 6.79 Å². The van der Waals surface area contributed by atoms with Crippen molar-refractivity contribution in [3.8, 4) is 22.8 Å². The van der Waals surface area contributed by atoms with E-state index in [4.69, 9.17) is 9.47 Å². The van der Waals surface area contributed by atoms with Crippen LogP contribution in [0.5, 0.6) is 11.5 Å². The van der Waals surface area contributed by atoms with Crippen LogP contribution >= 0.6 is 0 Å². The zero-order chi connectivity index (χ0) is 12.5. The Hall–Kier alpha value is -2.36. The highest BCUT2D eigenvalue weighted by Gasteiger charge is 2.24. The Balaban J connectivity index is 2.25. The summed E-state index contributed by atoms with van der Waals surface area (Å²) < 4.78 is 10.7. The summed E-state index contributed by atoms with van der Waals surface area (Å²) in [6.45, 7) is 1.67. The molecule has 4 nitrogen and oxygen atoms in total. The molecule has 18 heavy (non-hydrogen) atoms. The molecule has 0 atom stereocenters. The monoisotopic (exact) mass is 241 g/mol. The topological polar surface area (TPSA) is 48.4 Å². The van der Waals surface area contributed by atoms with Gasteiger partial charge in [-0.05, 0) is 31.2 Å². The quantitative estimate of drug-likeness (QED) is 0.758. The molecule has 0 bridgehead atoms. The number of carbonyl (C=O) groups excluding carboxylic acids is 1. The largest absolute Gasteiger partial charge is 0.454 e. The molecular formula is C14H11NO3. The van der Waals surface area contributed by atoms with Crippen molar-refractivity contribution >= 4 is 5.78 Å². The SMILES string of the molecule is CC(=O)c1c(-c2ccccn2)ccc2c1OCO2. The number of Topliss-reactive ketones (excluding diaryl/α,β-unsaturated/α-hetero) is 1. The number of fused-ring (bicyclic) bond motifs is 1. The van der Waals surface area contributed by atoms with Gasteiger partial charge in [-0.25, -0.2) is 0 Å². The lowest BCUT2D eigenvalue weighted by Gasteiger charge is -2.09. The molecule has 1 aliphatic heterocycles. The molecule has 0 N–H and O–H groups in total. The predicted molar refractivity (Wildman–Crippen MR) is 65.8 cm³/mol. The van der Waals surface area contributed by atoms with E-state index in [-0.39, 0.29) is 12.6 Å². The zero-order valence-electron chi connectivity index (χ0n) is 9.84. The molecule has 0 spiro atoms. The van der Waals surface area contributed by atoms with Crippen molar-refractivity contribution in [3.63, 3.8) is 0 Å². The standard InChI is InChI=1S/C14H11NO3/c1-9(16)13-10(11-4-2-3-7-15-11)5-6-12-14(13)18-8-17-12/h2-7H,8H2,1H3. The summed E-state index contributed by atoms with van der Waals surface area (Å²) >= 11 is 0. The van der Waals surface area contributed by atoms with E-state index < -0.39 is 0 Å². The van der Waals surface area contributed by atoms with Crippen molar-refractivity contribution in [2.24, 2.45) is 0 Å².